The lowest BCUT2D eigenvalue weighted by molar-refractivity contribution is 0.647. The van der Waals surface area contributed by atoms with Crippen molar-refractivity contribution in [3.63, 3.8) is 0 Å². The van der Waals surface area contributed by atoms with E-state index in [1.54, 1.807) is 0 Å². The van der Waals surface area contributed by atoms with Gasteiger partial charge in [0.2, 0.25) is 0 Å². The summed E-state index contributed by atoms with van der Waals surface area (Å²) in [5, 5.41) is 0. The fraction of sp³-hybridized carbons (Fsp3) is 0.600. The van der Waals surface area contributed by atoms with E-state index in [0.29, 0.717) is 0 Å². The van der Waals surface area contributed by atoms with Crippen LogP contribution in [0.5, 0.6) is 0 Å². The molecular weight excluding hydrogens is 180 g/mol. The first-order valence-electron chi connectivity index (χ1n) is 6.30. The highest BCUT2D eigenvalue weighted by Crippen LogP contribution is 2.11. The number of unbranched alkanes of at least 4 members (excludes halogenated alkanes) is 2. The Bertz CT molecular complexity index is 256. The number of benzene rings is 1. The van der Waals surface area contributed by atoms with Crippen LogP contribution in [0.4, 0.5) is 0 Å². The molecule has 0 fully saturated rings. The topological polar surface area (TPSA) is 0 Å². The Balaban J connectivity index is 2.42. The quantitative estimate of drug-likeness (QED) is 0.593. The predicted molar refractivity (Wildman–Crippen MR) is 68.2 cm³/mol. The van der Waals surface area contributed by atoms with Crippen LogP contribution in [0.3, 0.4) is 0 Å². The predicted octanol–water partition coefficient (Wildman–Crippen LogP) is 4.62. The Kier molecular flexibility index (Phi) is 5.45. The lowest BCUT2D eigenvalue weighted by Gasteiger charge is -2.06. The first-order chi connectivity index (χ1) is 7.22. The monoisotopic (exact) mass is 204 g/mol. The van der Waals surface area contributed by atoms with Gasteiger partial charge in [0.25, 0.3) is 0 Å². The van der Waals surface area contributed by atoms with Crippen LogP contribution in [-0.4, -0.2) is 0 Å². The molecule has 0 amide bonds. The molecule has 0 spiro atoms. The smallest absolute Gasteiger partial charge is 0.0256 e. The average molecular weight is 204 g/mol. The Labute approximate surface area is 94.7 Å². The van der Waals surface area contributed by atoms with Gasteiger partial charge >= 0.3 is 0 Å². The molecule has 0 aromatic heterocycles. The Morgan fingerprint density at radius 3 is 2.07 bits per heavy atom. The van der Waals surface area contributed by atoms with Crippen molar-refractivity contribution in [1.29, 1.82) is 0 Å². The van der Waals surface area contributed by atoms with Crippen molar-refractivity contribution in [2.24, 2.45) is 5.92 Å². The Morgan fingerprint density at radius 1 is 0.933 bits per heavy atom. The van der Waals surface area contributed by atoms with Gasteiger partial charge in [-0.1, -0.05) is 57.9 Å². The summed E-state index contributed by atoms with van der Waals surface area (Å²) in [6.45, 7) is 6.80. The van der Waals surface area contributed by atoms with Crippen molar-refractivity contribution in [1.82, 2.24) is 0 Å². The van der Waals surface area contributed by atoms with Gasteiger partial charge in [0.15, 0.2) is 0 Å². The molecule has 15 heavy (non-hydrogen) atoms. The number of hydrogen-bond donors (Lipinski definition) is 0. The molecule has 1 aromatic rings. The third-order valence-corrected chi connectivity index (χ3v) is 2.74. The molecule has 0 heterocycles. The third kappa shape index (κ3) is 5.01. The standard InChI is InChI=1S/C15H24/c1-4-5-6-7-14-8-10-15(11-9-14)12-13(2)3/h8-11,13H,4-7,12H2,1-3H3. The molecule has 0 aliphatic carbocycles. The van der Waals surface area contributed by atoms with Crippen molar-refractivity contribution in [2.75, 3.05) is 0 Å². The molecule has 0 atom stereocenters. The van der Waals surface area contributed by atoms with Crippen molar-refractivity contribution in [3.8, 4) is 0 Å². The SMILES string of the molecule is CCCCCc1ccc(CC(C)C)cc1. The first-order valence-corrected chi connectivity index (χ1v) is 6.30. The minimum absolute atomic E-state index is 0.760. The third-order valence-electron chi connectivity index (χ3n) is 2.74. The van der Waals surface area contributed by atoms with Crippen molar-refractivity contribution in [2.45, 2.75) is 52.9 Å². The maximum Gasteiger partial charge on any atom is -0.0256 e. The lowest BCUT2D eigenvalue weighted by Crippen LogP contribution is -1.94. The van der Waals surface area contributed by atoms with Crippen LogP contribution in [0.1, 0.15) is 51.2 Å². The summed E-state index contributed by atoms with van der Waals surface area (Å²) >= 11 is 0. The van der Waals surface area contributed by atoms with Crippen LogP contribution in [-0.2, 0) is 12.8 Å². The van der Waals surface area contributed by atoms with Crippen LogP contribution in [0.25, 0.3) is 0 Å². The first kappa shape index (κ1) is 12.3. The van der Waals surface area contributed by atoms with Gasteiger partial charge in [-0.2, -0.15) is 0 Å². The van der Waals surface area contributed by atoms with Gasteiger partial charge in [-0.3, -0.25) is 0 Å². The highest BCUT2D eigenvalue weighted by Gasteiger charge is 1.98. The molecule has 0 saturated carbocycles. The van der Waals surface area contributed by atoms with Crippen LogP contribution < -0.4 is 0 Å². The number of hydrogen-bond acceptors (Lipinski definition) is 0. The van der Waals surface area contributed by atoms with E-state index < -0.39 is 0 Å². The van der Waals surface area contributed by atoms with Gasteiger partial charge in [0, 0.05) is 0 Å². The summed E-state index contributed by atoms with van der Waals surface area (Å²) in [7, 11) is 0. The summed E-state index contributed by atoms with van der Waals surface area (Å²) in [6, 6.07) is 9.18. The Morgan fingerprint density at radius 2 is 1.53 bits per heavy atom. The van der Waals surface area contributed by atoms with Crippen LogP contribution >= 0.6 is 0 Å². The minimum atomic E-state index is 0.760. The van der Waals surface area contributed by atoms with Crippen LogP contribution in [0.15, 0.2) is 24.3 Å². The molecule has 0 nitrogen and oxygen atoms in total. The normalized spacial score (nSPS) is 10.9. The number of rotatable bonds is 6. The summed E-state index contributed by atoms with van der Waals surface area (Å²) in [4.78, 5) is 0. The molecular formula is C15H24. The van der Waals surface area contributed by atoms with Gasteiger partial charge in [0.1, 0.15) is 0 Å². The number of aryl methyl sites for hydroxylation is 1. The van der Waals surface area contributed by atoms with E-state index in [1.165, 1.54) is 43.2 Å². The van der Waals surface area contributed by atoms with Crippen LogP contribution in [0, 0.1) is 5.92 Å². The molecule has 0 radical (unpaired) electrons. The lowest BCUT2D eigenvalue weighted by atomic mass is 10.00. The molecule has 0 N–H and O–H groups in total. The van der Waals surface area contributed by atoms with Crippen LogP contribution in [0.2, 0.25) is 0 Å². The average Bonchev–Trinajstić information content (AvgIpc) is 2.20. The molecule has 0 aliphatic heterocycles. The van der Waals surface area contributed by atoms with E-state index in [2.05, 4.69) is 45.0 Å². The van der Waals surface area contributed by atoms with E-state index in [0.717, 1.165) is 5.92 Å². The molecule has 0 bridgehead atoms. The molecule has 0 saturated heterocycles. The van der Waals surface area contributed by atoms with Gasteiger partial charge in [-0.15, -0.1) is 0 Å². The zero-order valence-corrected chi connectivity index (χ0v) is 10.4. The van der Waals surface area contributed by atoms with Gasteiger partial charge < -0.3 is 0 Å². The molecule has 0 aliphatic rings. The maximum atomic E-state index is 2.30. The fourth-order valence-electron chi connectivity index (χ4n) is 1.89. The van der Waals surface area contributed by atoms with Crippen molar-refractivity contribution >= 4 is 0 Å². The second-order valence-electron chi connectivity index (χ2n) is 4.87. The second kappa shape index (κ2) is 6.66. The summed E-state index contributed by atoms with van der Waals surface area (Å²) in [5.74, 6) is 0.760. The van der Waals surface area contributed by atoms with Crippen molar-refractivity contribution in [3.05, 3.63) is 35.4 Å². The largest absolute Gasteiger partial charge is 0.0654 e. The van der Waals surface area contributed by atoms with E-state index in [9.17, 15) is 0 Å². The van der Waals surface area contributed by atoms with Gasteiger partial charge in [-0.25, -0.2) is 0 Å². The molecule has 1 rings (SSSR count). The highest BCUT2D eigenvalue weighted by molar-refractivity contribution is 5.22. The molecule has 1 aromatic carbocycles. The second-order valence-corrected chi connectivity index (χ2v) is 4.87. The minimum Gasteiger partial charge on any atom is -0.0654 e. The highest BCUT2D eigenvalue weighted by atomic mass is 14.0. The molecule has 0 unspecified atom stereocenters. The summed E-state index contributed by atoms with van der Waals surface area (Å²) in [6.07, 6.45) is 6.45. The maximum absolute atomic E-state index is 2.30. The summed E-state index contributed by atoms with van der Waals surface area (Å²) < 4.78 is 0. The Hall–Kier alpha value is -0.780. The van der Waals surface area contributed by atoms with E-state index in [4.69, 9.17) is 0 Å². The van der Waals surface area contributed by atoms with E-state index in [-0.39, 0.29) is 0 Å². The van der Waals surface area contributed by atoms with E-state index >= 15 is 0 Å². The molecule has 0 heteroatoms. The van der Waals surface area contributed by atoms with Gasteiger partial charge in [-0.05, 0) is 36.3 Å². The van der Waals surface area contributed by atoms with Gasteiger partial charge in [0.05, 0.1) is 0 Å². The zero-order valence-electron chi connectivity index (χ0n) is 10.4. The fourth-order valence-corrected chi connectivity index (χ4v) is 1.89. The zero-order chi connectivity index (χ0) is 11.1. The summed E-state index contributed by atoms with van der Waals surface area (Å²) in [5.41, 5.74) is 2.97. The molecule has 84 valence electrons. The van der Waals surface area contributed by atoms with E-state index in [1.807, 2.05) is 0 Å². The van der Waals surface area contributed by atoms with Crippen molar-refractivity contribution < 1.29 is 0 Å².